The Bertz CT molecular complexity index is 1050. The molecule has 1 heterocycles. The summed E-state index contributed by atoms with van der Waals surface area (Å²) in [5.41, 5.74) is 1.42. The lowest BCUT2D eigenvalue weighted by atomic mass is 9.89. The van der Waals surface area contributed by atoms with Crippen molar-refractivity contribution in [2.45, 2.75) is 62.6 Å². The Morgan fingerprint density at radius 3 is 2.19 bits per heavy atom. The third-order valence-corrected chi connectivity index (χ3v) is 6.12. The molecule has 5 unspecified atom stereocenters. The number of amides is 1. The number of carbonyl (C=O) groups excluding carboxylic acids is 1. The molecule has 2 aromatic rings. The van der Waals surface area contributed by atoms with Crippen LogP contribution in [-0.4, -0.2) is 81.0 Å². The van der Waals surface area contributed by atoms with Crippen LogP contribution >= 0.6 is 0 Å². The molecule has 6 atom stereocenters. The van der Waals surface area contributed by atoms with Gasteiger partial charge >= 0.3 is 11.9 Å². The molecule has 1 fully saturated rings. The molecule has 37 heavy (non-hydrogen) atoms. The Morgan fingerprint density at radius 1 is 1.05 bits per heavy atom. The fourth-order valence-electron chi connectivity index (χ4n) is 4.24. The van der Waals surface area contributed by atoms with E-state index >= 15 is 0 Å². The number of carboxylic acid groups (broad SMARTS) is 2. The van der Waals surface area contributed by atoms with Gasteiger partial charge in [-0.3, -0.25) is 9.59 Å². The molecule has 11 nitrogen and oxygen atoms in total. The molecule has 0 aromatic heterocycles. The van der Waals surface area contributed by atoms with Gasteiger partial charge in [0.05, 0.1) is 24.9 Å². The number of carbonyl (C=O) groups is 3. The minimum absolute atomic E-state index is 0.130. The first-order chi connectivity index (χ1) is 17.6. The molecule has 0 aliphatic carbocycles. The maximum Gasteiger partial charge on any atom is 0.364 e. The van der Waals surface area contributed by atoms with E-state index in [2.05, 4.69) is 10.6 Å². The van der Waals surface area contributed by atoms with Crippen LogP contribution in [0.15, 0.2) is 60.7 Å². The molecule has 0 bridgehead atoms. The standard InChI is InChI=1S/C26H32N2O9/c1-16(29)28-22-20(30)13-26(25(34)35,36-15-18-10-6-3-7-11-18)37-23(22)21(31)14-27-19(24(32)33)12-17-8-4-2-5-9-17/h2-11,19-23,27,30-31H,12-15H2,1H3,(H,28,29)(H,32,33)(H,34,35)/t19?,20?,21-,22?,23?,26?/m1/s1. The summed E-state index contributed by atoms with van der Waals surface area (Å²) in [7, 11) is 0. The molecule has 0 saturated carbocycles. The average molecular weight is 517 g/mol. The quantitative estimate of drug-likeness (QED) is 0.230. The number of benzene rings is 2. The highest BCUT2D eigenvalue weighted by atomic mass is 16.7. The molecular weight excluding hydrogens is 484 g/mol. The second kappa shape index (κ2) is 12.7. The van der Waals surface area contributed by atoms with Crippen LogP contribution in [0.25, 0.3) is 0 Å². The minimum Gasteiger partial charge on any atom is -0.480 e. The Hall–Kier alpha value is -3.35. The molecule has 2 aromatic carbocycles. The zero-order chi connectivity index (χ0) is 27.0. The highest BCUT2D eigenvalue weighted by Crippen LogP contribution is 2.33. The lowest BCUT2D eigenvalue weighted by molar-refractivity contribution is -0.309. The largest absolute Gasteiger partial charge is 0.480 e. The van der Waals surface area contributed by atoms with Gasteiger partial charge in [-0.15, -0.1) is 0 Å². The van der Waals surface area contributed by atoms with Crippen molar-refractivity contribution >= 4 is 17.8 Å². The van der Waals surface area contributed by atoms with Crippen LogP contribution in [0.2, 0.25) is 0 Å². The van der Waals surface area contributed by atoms with Gasteiger partial charge in [-0.1, -0.05) is 60.7 Å². The van der Waals surface area contributed by atoms with E-state index in [0.29, 0.717) is 5.56 Å². The summed E-state index contributed by atoms with van der Waals surface area (Å²) in [4.78, 5) is 35.9. The van der Waals surface area contributed by atoms with Gasteiger partial charge in [0.1, 0.15) is 12.1 Å². The number of aliphatic carboxylic acids is 2. The van der Waals surface area contributed by atoms with Crippen molar-refractivity contribution in [2.24, 2.45) is 0 Å². The first-order valence-electron chi connectivity index (χ1n) is 11.8. The Balaban J connectivity index is 1.78. The van der Waals surface area contributed by atoms with E-state index in [0.717, 1.165) is 5.56 Å². The minimum atomic E-state index is -2.31. The fraction of sp³-hybridized carbons (Fsp3) is 0.423. The summed E-state index contributed by atoms with van der Waals surface area (Å²) < 4.78 is 11.4. The third kappa shape index (κ3) is 7.57. The van der Waals surface area contributed by atoms with Gasteiger partial charge in [-0.2, -0.15) is 0 Å². The molecule has 200 valence electrons. The molecule has 1 saturated heterocycles. The van der Waals surface area contributed by atoms with Crippen molar-refractivity contribution < 1.29 is 44.3 Å². The van der Waals surface area contributed by atoms with Crippen molar-refractivity contribution in [3.05, 3.63) is 71.8 Å². The SMILES string of the molecule is CC(=O)NC1C(O)CC(OCc2ccccc2)(C(=O)O)OC1[C@H](O)CNC(Cc1ccccc1)C(=O)O. The summed E-state index contributed by atoms with van der Waals surface area (Å²) in [6, 6.07) is 15.4. The zero-order valence-electron chi connectivity index (χ0n) is 20.3. The summed E-state index contributed by atoms with van der Waals surface area (Å²) in [5, 5.41) is 46.7. The number of nitrogens with one attached hydrogen (secondary N) is 2. The van der Waals surface area contributed by atoms with E-state index in [1.165, 1.54) is 6.92 Å². The van der Waals surface area contributed by atoms with Crippen LogP contribution in [0, 0.1) is 0 Å². The van der Waals surface area contributed by atoms with E-state index in [-0.39, 0.29) is 19.6 Å². The van der Waals surface area contributed by atoms with Crippen LogP contribution in [0.5, 0.6) is 0 Å². The predicted molar refractivity (Wildman–Crippen MR) is 130 cm³/mol. The number of hydrogen-bond donors (Lipinski definition) is 6. The number of carboxylic acids is 2. The van der Waals surface area contributed by atoms with Crippen LogP contribution in [-0.2, 0) is 36.9 Å². The molecule has 3 rings (SSSR count). The van der Waals surface area contributed by atoms with Gasteiger partial charge in [-0.25, -0.2) is 4.79 Å². The molecule has 1 aliphatic rings. The van der Waals surface area contributed by atoms with Gasteiger partial charge in [0.2, 0.25) is 5.91 Å². The molecule has 0 spiro atoms. The first-order valence-corrected chi connectivity index (χ1v) is 11.8. The number of rotatable bonds is 12. The number of ether oxygens (including phenoxy) is 2. The number of aliphatic hydroxyl groups excluding tert-OH is 2. The van der Waals surface area contributed by atoms with Gasteiger partial charge in [0, 0.05) is 19.9 Å². The van der Waals surface area contributed by atoms with E-state index < -0.39 is 60.4 Å². The van der Waals surface area contributed by atoms with Crippen molar-refractivity contribution in [3.63, 3.8) is 0 Å². The summed E-state index contributed by atoms with van der Waals surface area (Å²) in [5.74, 6) is -5.50. The predicted octanol–water partition coefficient (Wildman–Crippen LogP) is 0.285. The van der Waals surface area contributed by atoms with Gasteiger partial charge in [0.25, 0.3) is 5.79 Å². The lowest BCUT2D eigenvalue weighted by Crippen LogP contribution is -2.67. The van der Waals surface area contributed by atoms with E-state index in [4.69, 9.17) is 9.47 Å². The van der Waals surface area contributed by atoms with Gasteiger partial charge < -0.3 is 40.5 Å². The highest BCUT2D eigenvalue weighted by Gasteiger charge is 2.55. The zero-order valence-corrected chi connectivity index (χ0v) is 20.3. The molecule has 1 amide bonds. The van der Waals surface area contributed by atoms with Crippen LogP contribution in [0.3, 0.4) is 0 Å². The maximum atomic E-state index is 12.3. The van der Waals surface area contributed by atoms with Gasteiger partial charge in [-0.05, 0) is 17.5 Å². The lowest BCUT2D eigenvalue weighted by Gasteiger charge is -2.46. The van der Waals surface area contributed by atoms with Crippen molar-refractivity contribution in [1.29, 1.82) is 0 Å². The van der Waals surface area contributed by atoms with Gasteiger partial charge in [0.15, 0.2) is 0 Å². The third-order valence-electron chi connectivity index (χ3n) is 6.12. The second-order valence-corrected chi connectivity index (χ2v) is 8.97. The Kier molecular flexibility index (Phi) is 9.73. The van der Waals surface area contributed by atoms with Crippen LogP contribution in [0.4, 0.5) is 0 Å². The number of hydrogen-bond acceptors (Lipinski definition) is 8. The number of aliphatic hydroxyl groups is 2. The fourth-order valence-corrected chi connectivity index (χ4v) is 4.24. The molecule has 11 heteroatoms. The Morgan fingerprint density at radius 2 is 1.65 bits per heavy atom. The van der Waals surface area contributed by atoms with E-state index in [9.17, 15) is 34.8 Å². The van der Waals surface area contributed by atoms with Crippen molar-refractivity contribution in [1.82, 2.24) is 10.6 Å². The normalized spacial score (nSPS) is 25.1. The molecule has 0 radical (unpaired) electrons. The van der Waals surface area contributed by atoms with Crippen molar-refractivity contribution in [3.8, 4) is 0 Å². The molecule has 6 N–H and O–H groups in total. The smallest absolute Gasteiger partial charge is 0.364 e. The Labute approximate surface area is 214 Å². The topological polar surface area (TPSA) is 175 Å². The molecular formula is C26H32N2O9. The maximum absolute atomic E-state index is 12.3. The first kappa shape index (κ1) is 28.2. The summed E-state index contributed by atoms with van der Waals surface area (Å²) in [6.07, 6.45) is -4.76. The van der Waals surface area contributed by atoms with E-state index in [1.54, 1.807) is 60.7 Å². The van der Waals surface area contributed by atoms with Crippen molar-refractivity contribution in [2.75, 3.05) is 6.54 Å². The van der Waals surface area contributed by atoms with E-state index in [1.807, 2.05) is 0 Å². The monoisotopic (exact) mass is 516 g/mol. The second-order valence-electron chi connectivity index (χ2n) is 8.97. The van der Waals surface area contributed by atoms with Crippen LogP contribution in [0.1, 0.15) is 24.5 Å². The average Bonchev–Trinajstić information content (AvgIpc) is 2.87. The van der Waals surface area contributed by atoms with Crippen LogP contribution < -0.4 is 10.6 Å². The summed E-state index contributed by atoms with van der Waals surface area (Å²) >= 11 is 0. The molecule has 1 aliphatic heterocycles. The highest BCUT2D eigenvalue weighted by molar-refractivity contribution is 5.76. The summed E-state index contributed by atoms with van der Waals surface area (Å²) in [6.45, 7) is 0.731.